The molecule has 4 rings (SSSR count). The number of ether oxygens (including phenoxy) is 1. The molecule has 1 amide bonds. The van der Waals surface area contributed by atoms with Crippen molar-refractivity contribution in [3.05, 3.63) is 62.1 Å². The number of aromatic amines is 1. The Morgan fingerprint density at radius 3 is 2.79 bits per heavy atom. The van der Waals surface area contributed by atoms with Gasteiger partial charge in [0.25, 0.3) is 0 Å². The number of benzene rings is 1. The molecule has 152 valence electrons. The fourth-order valence-electron chi connectivity index (χ4n) is 3.34. The average molecular weight is 448 g/mol. The van der Waals surface area contributed by atoms with Gasteiger partial charge in [-0.05, 0) is 29.3 Å². The van der Waals surface area contributed by atoms with Gasteiger partial charge >= 0.3 is 0 Å². The van der Waals surface area contributed by atoms with Crippen LogP contribution in [-0.2, 0) is 29.0 Å². The lowest BCUT2D eigenvalue weighted by Crippen LogP contribution is -2.35. The summed E-state index contributed by atoms with van der Waals surface area (Å²) in [7, 11) is 0. The van der Waals surface area contributed by atoms with Gasteiger partial charge in [-0.2, -0.15) is 0 Å². The molecule has 2 aromatic heterocycles. The molecule has 0 saturated carbocycles. The molecule has 0 spiro atoms. The van der Waals surface area contributed by atoms with Gasteiger partial charge in [0.1, 0.15) is 4.83 Å². The van der Waals surface area contributed by atoms with Gasteiger partial charge in [-0.15, -0.1) is 11.3 Å². The number of amides is 1. The standard InChI is InChI=1S/C21H22ClN3O2S2/c22-16-3-1-14(2-4-16)11-23-19(26)9-15-12-24-21-18(20(15)28)10-17(29-21)13-25-5-7-27-8-6-25/h1-4,10,12H,5-9,11,13H2,(H,23,26)(H,24,28). The number of fused-ring (bicyclic) bond motifs is 1. The molecular formula is C21H22ClN3O2S2. The van der Waals surface area contributed by atoms with E-state index in [9.17, 15) is 4.79 Å². The molecule has 0 atom stereocenters. The molecule has 1 aliphatic rings. The van der Waals surface area contributed by atoms with Crippen molar-refractivity contribution in [3.8, 4) is 0 Å². The van der Waals surface area contributed by atoms with E-state index in [1.165, 1.54) is 4.88 Å². The van der Waals surface area contributed by atoms with E-state index >= 15 is 0 Å². The largest absolute Gasteiger partial charge is 0.379 e. The Hall–Kier alpha value is -1.77. The fourth-order valence-corrected chi connectivity index (χ4v) is 4.89. The number of thiophene rings is 1. The van der Waals surface area contributed by atoms with E-state index in [1.54, 1.807) is 11.3 Å². The van der Waals surface area contributed by atoms with Gasteiger partial charge in [-0.25, -0.2) is 0 Å². The number of halogens is 1. The van der Waals surface area contributed by atoms with Crippen molar-refractivity contribution in [1.29, 1.82) is 0 Å². The maximum Gasteiger partial charge on any atom is 0.224 e. The van der Waals surface area contributed by atoms with Gasteiger partial charge in [0, 0.05) is 47.7 Å². The zero-order chi connectivity index (χ0) is 20.2. The van der Waals surface area contributed by atoms with E-state index in [4.69, 9.17) is 28.6 Å². The zero-order valence-electron chi connectivity index (χ0n) is 15.9. The third-order valence-corrected chi connectivity index (χ3v) is 6.72. The van der Waals surface area contributed by atoms with Crippen LogP contribution in [0.5, 0.6) is 0 Å². The second kappa shape index (κ2) is 9.36. The van der Waals surface area contributed by atoms with Gasteiger partial charge in [-0.3, -0.25) is 9.69 Å². The summed E-state index contributed by atoms with van der Waals surface area (Å²) in [5.41, 5.74) is 1.85. The normalized spacial score (nSPS) is 14.9. The van der Waals surface area contributed by atoms with Crippen molar-refractivity contribution >= 4 is 51.3 Å². The molecule has 29 heavy (non-hydrogen) atoms. The number of rotatable bonds is 6. The number of pyridine rings is 1. The summed E-state index contributed by atoms with van der Waals surface area (Å²) in [6.45, 7) is 4.87. The molecule has 2 N–H and O–H groups in total. The number of hydrogen-bond donors (Lipinski definition) is 2. The minimum atomic E-state index is -0.0532. The van der Waals surface area contributed by atoms with Crippen molar-refractivity contribution in [1.82, 2.24) is 15.2 Å². The Kier molecular flexibility index (Phi) is 6.62. The third kappa shape index (κ3) is 5.24. The van der Waals surface area contributed by atoms with E-state index in [0.29, 0.717) is 11.6 Å². The SMILES string of the molecule is O=C(Cc1c[nH]c2sc(CN3CCOCC3)cc2c1=S)NCc1ccc(Cl)cc1. The lowest BCUT2D eigenvalue weighted by atomic mass is 10.1. The van der Waals surface area contributed by atoms with Crippen LogP contribution in [0.4, 0.5) is 0 Å². The number of nitrogens with zero attached hydrogens (tertiary/aromatic N) is 1. The van der Waals surface area contributed by atoms with E-state index in [-0.39, 0.29) is 12.3 Å². The van der Waals surface area contributed by atoms with Crippen LogP contribution in [-0.4, -0.2) is 42.1 Å². The molecule has 0 radical (unpaired) electrons. The Bertz CT molecular complexity index is 1060. The number of carbonyl (C=O) groups is 1. The van der Waals surface area contributed by atoms with Crippen molar-refractivity contribution < 1.29 is 9.53 Å². The van der Waals surface area contributed by atoms with Gasteiger partial charge in [0.05, 0.1) is 24.1 Å². The number of H-pyrrole nitrogens is 1. The van der Waals surface area contributed by atoms with E-state index in [2.05, 4.69) is 21.3 Å². The third-order valence-electron chi connectivity index (χ3n) is 4.93. The first-order valence-electron chi connectivity index (χ1n) is 9.53. The molecule has 0 bridgehead atoms. The Morgan fingerprint density at radius 1 is 1.28 bits per heavy atom. The molecule has 1 fully saturated rings. The molecule has 3 aromatic rings. The van der Waals surface area contributed by atoms with Crippen LogP contribution in [0.25, 0.3) is 10.2 Å². The number of morpholine rings is 1. The summed E-state index contributed by atoms with van der Waals surface area (Å²) >= 11 is 13.3. The number of hydrogen-bond acceptors (Lipinski definition) is 5. The van der Waals surface area contributed by atoms with Gasteiger partial charge in [0.15, 0.2) is 0 Å². The predicted molar refractivity (Wildman–Crippen MR) is 120 cm³/mol. The van der Waals surface area contributed by atoms with Gasteiger partial charge in [0.2, 0.25) is 5.91 Å². The molecule has 1 aliphatic heterocycles. The van der Waals surface area contributed by atoms with Crippen molar-refractivity contribution in [2.45, 2.75) is 19.5 Å². The van der Waals surface area contributed by atoms with Gasteiger partial charge < -0.3 is 15.0 Å². The highest BCUT2D eigenvalue weighted by Gasteiger charge is 2.14. The monoisotopic (exact) mass is 447 g/mol. The summed E-state index contributed by atoms with van der Waals surface area (Å²) in [5, 5.41) is 4.65. The maximum atomic E-state index is 12.4. The highest BCUT2D eigenvalue weighted by molar-refractivity contribution is 7.71. The van der Waals surface area contributed by atoms with Crippen LogP contribution < -0.4 is 5.32 Å². The van der Waals surface area contributed by atoms with E-state index < -0.39 is 0 Å². The minimum Gasteiger partial charge on any atom is -0.379 e. The maximum absolute atomic E-state index is 12.4. The van der Waals surface area contributed by atoms with Crippen LogP contribution in [0, 0.1) is 4.51 Å². The summed E-state index contributed by atoms with van der Waals surface area (Å²) in [5.74, 6) is -0.0532. The predicted octanol–water partition coefficient (Wildman–Crippen LogP) is 4.30. The highest BCUT2D eigenvalue weighted by Crippen LogP contribution is 2.27. The first-order valence-corrected chi connectivity index (χ1v) is 11.1. The molecule has 8 heteroatoms. The topological polar surface area (TPSA) is 57.4 Å². The van der Waals surface area contributed by atoms with Crippen molar-refractivity contribution in [3.63, 3.8) is 0 Å². The minimum absolute atomic E-state index is 0.0532. The molecule has 1 aromatic carbocycles. The molecule has 3 heterocycles. The van der Waals surface area contributed by atoms with Crippen molar-refractivity contribution in [2.24, 2.45) is 0 Å². The van der Waals surface area contributed by atoms with Crippen LogP contribution in [0.1, 0.15) is 16.0 Å². The molecule has 0 unspecified atom stereocenters. The quantitative estimate of drug-likeness (QED) is 0.553. The average Bonchev–Trinajstić information content (AvgIpc) is 3.14. The summed E-state index contributed by atoms with van der Waals surface area (Å²) in [4.78, 5) is 20.4. The van der Waals surface area contributed by atoms with E-state index in [0.717, 1.165) is 58.7 Å². The number of carbonyl (C=O) groups excluding carboxylic acids is 1. The molecule has 5 nitrogen and oxygen atoms in total. The first-order chi connectivity index (χ1) is 14.1. The lowest BCUT2D eigenvalue weighted by Gasteiger charge is -2.25. The lowest BCUT2D eigenvalue weighted by molar-refractivity contribution is -0.120. The fraction of sp³-hybridized carbons (Fsp3) is 0.333. The Balaban J connectivity index is 1.41. The van der Waals surface area contributed by atoms with Crippen LogP contribution >= 0.6 is 35.2 Å². The number of aromatic nitrogens is 1. The summed E-state index contributed by atoms with van der Waals surface area (Å²) in [6.07, 6.45) is 2.12. The molecule has 0 aliphatic carbocycles. The van der Waals surface area contributed by atoms with Crippen LogP contribution in [0.2, 0.25) is 5.02 Å². The summed E-state index contributed by atoms with van der Waals surface area (Å²) < 4.78 is 6.17. The van der Waals surface area contributed by atoms with Crippen LogP contribution in [0.15, 0.2) is 36.5 Å². The zero-order valence-corrected chi connectivity index (χ0v) is 18.3. The van der Waals surface area contributed by atoms with Crippen LogP contribution in [0.3, 0.4) is 0 Å². The second-order valence-corrected chi connectivity index (χ2v) is 9.05. The Morgan fingerprint density at radius 2 is 2.03 bits per heavy atom. The van der Waals surface area contributed by atoms with Crippen molar-refractivity contribution in [2.75, 3.05) is 26.3 Å². The second-order valence-electron chi connectivity index (χ2n) is 7.07. The summed E-state index contributed by atoms with van der Waals surface area (Å²) in [6, 6.07) is 9.60. The van der Waals surface area contributed by atoms with Gasteiger partial charge in [-0.1, -0.05) is 36.0 Å². The molecular weight excluding hydrogens is 426 g/mol. The van der Waals surface area contributed by atoms with E-state index in [1.807, 2.05) is 30.5 Å². The molecule has 1 saturated heterocycles. The number of nitrogens with one attached hydrogen (secondary N) is 2. The first kappa shape index (κ1) is 20.5. The highest BCUT2D eigenvalue weighted by atomic mass is 35.5. The smallest absolute Gasteiger partial charge is 0.224 e. The Labute approximate surface area is 183 Å².